The molecule has 0 amide bonds. The number of alkyl halides is 3. The molecule has 0 fully saturated rings. The van der Waals surface area contributed by atoms with Crippen molar-refractivity contribution >= 4 is 8.07 Å². The number of hydrogen-bond donors (Lipinski definition) is 0. The summed E-state index contributed by atoms with van der Waals surface area (Å²) in [5, 5.41) is 0. The third-order valence-electron chi connectivity index (χ3n) is 0.579. The van der Waals surface area contributed by atoms with Gasteiger partial charge in [-0.2, -0.15) is 13.2 Å². The zero-order chi connectivity index (χ0) is 8.41. The third-order valence-corrected chi connectivity index (χ3v) is 1.45. The second-order valence-electron chi connectivity index (χ2n) is 3.00. The minimum atomic E-state index is -4.32. The molecule has 0 heterocycles. The van der Waals surface area contributed by atoms with E-state index in [1.165, 1.54) is 5.92 Å². The van der Waals surface area contributed by atoms with Gasteiger partial charge < -0.3 is 0 Å². The van der Waals surface area contributed by atoms with Gasteiger partial charge in [-0.25, -0.2) is 0 Å². The summed E-state index contributed by atoms with van der Waals surface area (Å²) >= 11 is 0. The van der Waals surface area contributed by atoms with E-state index in [1.807, 2.05) is 0 Å². The van der Waals surface area contributed by atoms with Crippen LogP contribution >= 0.6 is 0 Å². The van der Waals surface area contributed by atoms with Crippen molar-refractivity contribution in [2.45, 2.75) is 25.8 Å². The van der Waals surface area contributed by atoms with Gasteiger partial charge in [0.25, 0.3) is 0 Å². The highest BCUT2D eigenvalue weighted by molar-refractivity contribution is 6.83. The summed E-state index contributed by atoms with van der Waals surface area (Å²) in [6.07, 6.45) is -4.32. The van der Waals surface area contributed by atoms with Gasteiger partial charge in [0.15, 0.2) is 0 Å². The Labute approximate surface area is 59.4 Å². The molecule has 0 spiro atoms. The van der Waals surface area contributed by atoms with Gasteiger partial charge >= 0.3 is 6.18 Å². The second kappa shape index (κ2) is 2.66. The zero-order valence-corrected chi connectivity index (χ0v) is 7.13. The minimum Gasteiger partial charge on any atom is -0.159 e. The van der Waals surface area contributed by atoms with E-state index < -0.39 is 14.3 Å². The van der Waals surface area contributed by atoms with Gasteiger partial charge in [0.2, 0.25) is 0 Å². The molecule has 58 valence electrons. The van der Waals surface area contributed by atoms with E-state index in [2.05, 4.69) is 5.54 Å². The van der Waals surface area contributed by atoms with Crippen LogP contribution in [0.2, 0.25) is 19.6 Å². The van der Waals surface area contributed by atoms with Gasteiger partial charge in [-0.05, 0) is 0 Å². The molecule has 0 unspecified atom stereocenters. The predicted molar refractivity (Wildman–Crippen MR) is 37.2 cm³/mol. The fourth-order valence-electron chi connectivity index (χ4n) is 0.258. The normalized spacial score (nSPS) is 12.2. The first kappa shape index (κ1) is 9.57. The van der Waals surface area contributed by atoms with Gasteiger partial charge in [-0.15, -0.1) is 5.54 Å². The summed E-state index contributed by atoms with van der Waals surface area (Å²) in [7, 11) is -1.85. The molecule has 0 aliphatic rings. The van der Waals surface area contributed by atoms with E-state index in [4.69, 9.17) is 0 Å². The van der Waals surface area contributed by atoms with Gasteiger partial charge in [-0.1, -0.05) is 19.6 Å². The summed E-state index contributed by atoms with van der Waals surface area (Å²) in [6, 6.07) is 0. The summed E-state index contributed by atoms with van der Waals surface area (Å²) in [4.78, 5) is 0. The van der Waals surface area contributed by atoms with E-state index in [1.54, 1.807) is 19.6 Å². The molecule has 0 aromatic carbocycles. The van der Waals surface area contributed by atoms with E-state index in [0.717, 1.165) is 0 Å². The number of halogens is 3. The van der Waals surface area contributed by atoms with Crippen LogP contribution in [-0.2, 0) is 0 Å². The fourth-order valence-corrected chi connectivity index (χ4v) is 0.775. The van der Waals surface area contributed by atoms with Crippen LogP contribution in [0.3, 0.4) is 0 Å². The molecule has 0 nitrogen and oxygen atoms in total. The molecule has 0 N–H and O–H groups in total. The second-order valence-corrected chi connectivity index (χ2v) is 7.75. The molecule has 0 aliphatic carbocycles. The molecule has 0 saturated carbocycles. The highest BCUT2D eigenvalue weighted by Gasteiger charge is 2.24. The summed E-state index contributed by atoms with van der Waals surface area (Å²) in [6.45, 7) is 5.31. The quantitative estimate of drug-likeness (QED) is 0.383. The minimum absolute atomic E-state index is 1.27. The van der Waals surface area contributed by atoms with Crippen LogP contribution in [-0.4, -0.2) is 14.3 Å². The van der Waals surface area contributed by atoms with Crippen LogP contribution in [0, 0.1) is 11.5 Å². The Morgan fingerprint density at radius 3 is 1.60 bits per heavy atom. The summed E-state index contributed by atoms with van der Waals surface area (Å²) < 4.78 is 34.3. The van der Waals surface area contributed by atoms with Gasteiger partial charge in [0.1, 0.15) is 8.07 Å². The van der Waals surface area contributed by atoms with E-state index in [0.29, 0.717) is 0 Å². The summed E-state index contributed by atoms with van der Waals surface area (Å²) in [5.74, 6) is 1.27. The van der Waals surface area contributed by atoms with Crippen molar-refractivity contribution in [2.75, 3.05) is 0 Å². The maximum Gasteiger partial charge on any atom is 0.457 e. The molecular weight excluding hydrogens is 157 g/mol. The lowest BCUT2D eigenvalue weighted by molar-refractivity contribution is -0.0696. The van der Waals surface area contributed by atoms with E-state index in [-0.39, 0.29) is 0 Å². The lowest BCUT2D eigenvalue weighted by atomic mass is 10.7. The third kappa shape index (κ3) is 7.57. The highest BCUT2D eigenvalue weighted by atomic mass is 28.3. The molecule has 0 aliphatic heterocycles. The first-order valence-corrected chi connectivity index (χ1v) is 6.32. The van der Waals surface area contributed by atoms with Gasteiger partial charge in [0, 0.05) is 5.92 Å². The lowest BCUT2D eigenvalue weighted by Crippen LogP contribution is -2.18. The Balaban J connectivity index is 4.19. The smallest absolute Gasteiger partial charge is 0.159 e. The molecular formula is C6H9F3Si. The van der Waals surface area contributed by atoms with Crippen molar-refractivity contribution in [3.63, 3.8) is 0 Å². The first-order chi connectivity index (χ1) is 4.21. The molecule has 0 bridgehead atoms. The first-order valence-electron chi connectivity index (χ1n) is 2.82. The largest absolute Gasteiger partial charge is 0.457 e. The number of rotatable bonds is 0. The molecule has 10 heavy (non-hydrogen) atoms. The maximum absolute atomic E-state index is 11.4. The van der Waals surface area contributed by atoms with Crippen LogP contribution < -0.4 is 0 Å². The lowest BCUT2D eigenvalue weighted by Gasteiger charge is -2.03. The number of hydrogen-bond acceptors (Lipinski definition) is 0. The SMILES string of the molecule is C[Si](C)(C)C#CC(F)(F)F. The van der Waals surface area contributed by atoms with Crippen molar-refractivity contribution in [3.05, 3.63) is 0 Å². The Bertz CT molecular complexity index is 146. The average molecular weight is 166 g/mol. The van der Waals surface area contributed by atoms with Crippen molar-refractivity contribution in [1.29, 1.82) is 0 Å². The Morgan fingerprint density at radius 1 is 1.10 bits per heavy atom. The molecule has 0 atom stereocenters. The Morgan fingerprint density at radius 2 is 1.50 bits per heavy atom. The predicted octanol–water partition coefficient (Wildman–Crippen LogP) is 2.43. The van der Waals surface area contributed by atoms with Crippen molar-refractivity contribution in [2.24, 2.45) is 0 Å². The molecule has 0 aromatic rings. The zero-order valence-electron chi connectivity index (χ0n) is 6.13. The molecule has 0 radical (unpaired) electrons. The molecule has 0 aromatic heterocycles. The Hall–Kier alpha value is -0.433. The average Bonchev–Trinajstić information content (AvgIpc) is 1.57. The van der Waals surface area contributed by atoms with Crippen LogP contribution in [0.25, 0.3) is 0 Å². The highest BCUT2D eigenvalue weighted by Crippen LogP contribution is 2.12. The topological polar surface area (TPSA) is 0 Å². The monoisotopic (exact) mass is 166 g/mol. The molecule has 0 saturated heterocycles. The van der Waals surface area contributed by atoms with Gasteiger partial charge in [0.05, 0.1) is 0 Å². The standard InChI is InChI=1S/C6H9F3Si/c1-10(2,3)5-4-6(7,8)9/h1-3H3. The molecule has 0 rings (SSSR count). The maximum atomic E-state index is 11.4. The van der Waals surface area contributed by atoms with E-state index in [9.17, 15) is 13.2 Å². The van der Waals surface area contributed by atoms with Crippen LogP contribution in [0.5, 0.6) is 0 Å². The molecule has 4 heteroatoms. The van der Waals surface area contributed by atoms with E-state index >= 15 is 0 Å². The Kier molecular flexibility index (Phi) is 2.55. The van der Waals surface area contributed by atoms with Crippen molar-refractivity contribution in [3.8, 4) is 11.5 Å². The fraction of sp³-hybridized carbons (Fsp3) is 0.667. The summed E-state index contributed by atoms with van der Waals surface area (Å²) in [5.41, 5.74) is 2.23. The van der Waals surface area contributed by atoms with Crippen LogP contribution in [0.4, 0.5) is 13.2 Å². The van der Waals surface area contributed by atoms with Crippen molar-refractivity contribution in [1.82, 2.24) is 0 Å². The van der Waals surface area contributed by atoms with Crippen LogP contribution in [0.15, 0.2) is 0 Å². The van der Waals surface area contributed by atoms with Crippen molar-refractivity contribution < 1.29 is 13.2 Å². The van der Waals surface area contributed by atoms with Crippen LogP contribution in [0.1, 0.15) is 0 Å². The van der Waals surface area contributed by atoms with Gasteiger partial charge in [-0.3, -0.25) is 0 Å².